The van der Waals surface area contributed by atoms with Gasteiger partial charge in [0.1, 0.15) is 0 Å². The number of hydrogen-bond acceptors (Lipinski definition) is 2. The lowest BCUT2D eigenvalue weighted by Crippen LogP contribution is -2.30. The van der Waals surface area contributed by atoms with Gasteiger partial charge in [-0.2, -0.15) is 0 Å². The van der Waals surface area contributed by atoms with Gasteiger partial charge in [-0.1, -0.05) is 40.9 Å². The zero-order valence-electron chi connectivity index (χ0n) is 12.2. The third kappa shape index (κ3) is 5.23. The van der Waals surface area contributed by atoms with E-state index in [1.165, 1.54) is 10.5 Å². The van der Waals surface area contributed by atoms with Gasteiger partial charge in [-0.05, 0) is 56.3 Å². The van der Waals surface area contributed by atoms with Crippen LogP contribution >= 0.6 is 35.0 Å². The monoisotopic (exact) mass is 339 g/mol. The normalized spacial score (nSPS) is 12.4. The van der Waals surface area contributed by atoms with Crippen LogP contribution in [0.2, 0.25) is 10.0 Å². The number of likely N-dealkylation sites (N-methyl/N-ethyl adjacent to an activating group) is 1. The Hall–Kier alpha value is -0.670. The van der Waals surface area contributed by atoms with Crippen molar-refractivity contribution in [3.05, 3.63) is 63.6 Å². The van der Waals surface area contributed by atoms with Gasteiger partial charge in [0.15, 0.2) is 0 Å². The smallest absolute Gasteiger partial charge is 0.0439 e. The van der Waals surface area contributed by atoms with E-state index >= 15 is 0 Å². The summed E-state index contributed by atoms with van der Waals surface area (Å²) in [5, 5.41) is 4.87. The molecule has 0 aromatic heterocycles. The van der Waals surface area contributed by atoms with Gasteiger partial charge < -0.3 is 5.32 Å². The highest BCUT2D eigenvalue weighted by Gasteiger charge is 2.11. The number of hydrogen-bond donors (Lipinski definition) is 1. The molecule has 0 saturated carbocycles. The van der Waals surface area contributed by atoms with Crippen LogP contribution in [0.1, 0.15) is 11.1 Å². The van der Waals surface area contributed by atoms with Gasteiger partial charge in [-0.3, -0.25) is 0 Å². The molecule has 0 radical (unpaired) electrons. The lowest BCUT2D eigenvalue weighted by atomic mass is 10.1. The van der Waals surface area contributed by atoms with Crippen molar-refractivity contribution >= 4 is 35.0 Å². The number of nitrogens with one attached hydrogen (secondary N) is 1. The first-order valence-corrected chi connectivity index (χ1v) is 8.63. The molecule has 0 aliphatic carbocycles. The van der Waals surface area contributed by atoms with Crippen molar-refractivity contribution < 1.29 is 0 Å². The Morgan fingerprint density at radius 3 is 2.67 bits per heavy atom. The van der Waals surface area contributed by atoms with Crippen LogP contribution in [0.3, 0.4) is 0 Å². The molecule has 1 nitrogen and oxygen atoms in total. The second-order valence-corrected chi connectivity index (χ2v) is 6.99. The topological polar surface area (TPSA) is 12.0 Å². The average molecular weight is 340 g/mol. The first-order chi connectivity index (χ1) is 10.1. The van der Waals surface area contributed by atoms with E-state index in [-0.39, 0.29) is 0 Å². The summed E-state index contributed by atoms with van der Waals surface area (Å²) in [7, 11) is 1.99. The number of benzene rings is 2. The highest BCUT2D eigenvalue weighted by Crippen LogP contribution is 2.24. The maximum Gasteiger partial charge on any atom is 0.0439 e. The summed E-state index contributed by atoms with van der Waals surface area (Å²) in [5.74, 6) is 0.989. The SMILES string of the molecule is CNC(CSc1cccc(C)c1)Cc1cc(Cl)ccc1Cl. The maximum atomic E-state index is 6.24. The molecule has 0 saturated heterocycles. The predicted molar refractivity (Wildman–Crippen MR) is 94.9 cm³/mol. The molecule has 0 fully saturated rings. The number of thioether (sulfide) groups is 1. The maximum absolute atomic E-state index is 6.24. The van der Waals surface area contributed by atoms with E-state index in [0.717, 1.165) is 27.8 Å². The van der Waals surface area contributed by atoms with E-state index in [0.29, 0.717) is 6.04 Å². The molecule has 0 bridgehead atoms. The summed E-state index contributed by atoms with van der Waals surface area (Å²) in [6.07, 6.45) is 0.870. The summed E-state index contributed by atoms with van der Waals surface area (Å²) in [6, 6.07) is 14.6. The molecule has 0 heterocycles. The Kier molecular flexibility index (Phi) is 6.43. The van der Waals surface area contributed by atoms with Crippen molar-refractivity contribution in [2.45, 2.75) is 24.3 Å². The van der Waals surface area contributed by atoms with Crippen LogP contribution in [-0.4, -0.2) is 18.8 Å². The van der Waals surface area contributed by atoms with E-state index in [9.17, 15) is 0 Å². The summed E-state index contributed by atoms with van der Waals surface area (Å²) in [5.41, 5.74) is 2.38. The minimum atomic E-state index is 0.353. The summed E-state index contributed by atoms with van der Waals surface area (Å²) < 4.78 is 0. The van der Waals surface area contributed by atoms with Crippen LogP contribution in [0.5, 0.6) is 0 Å². The molecule has 0 aliphatic rings. The van der Waals surface area contributed by atoms with Crippen LogP contribution in [0.25, 0.3) is 0 Å². The van der Waals surface area contributed by atoms with E-state index in [2.05, 4.69) is 36.5 Å². The molecule has 112 valence electrons. The van der Waals surface area contributed by atoms with Crippen LogP contribution in [0.15, 0.2) is 47.4 Å². The number of halogens is 2. The highest BCUT2D eigenvalue weighted by atomic mass is 35.5. The number of rotatable bonds is 6. The van der Waals surface area contributed by atoms with Crippen LogP contribution in [0.4, 0.5) is 0 Å². The molecule has 0 amide bonds. The fourth-order valence-electron chi connectivity index (χ4n) is 2.11. The molecule has 4 heteroatoms. The Balaban J connectivity index is 1.98. The quantitative estimate of drug-likeness (QED) is 0.723. The zero-order valence-corrected chi connectivity index (χ0v) is 14.5. The molecule has 2 aromatic carbocycles. The van der Waals surface area contributed by atoms with Crippen molar-refractivity contribution in [2.24, 2.45) is 0 Å². The Morgan fingerprint density at radius 1 is 1.14 bits per heavy atom. The minimum Gasteiger partial charge on any atom is -0.316 e. The van der Waals surface area contributed by atoms with E-state index in [1.807, 2.05) is 37.0 Å². The van der Waals surface area contributed by atoms with Gasteiger partial charge in [-0.25, -0.2) is 0 Å². The lowest BCUT2D eigenvalue weighted by molar-refractivity contribution is 0.617. The molecule has 1 unspecified atom stereocenters. The van der Waals surface area contributed by atoms with E-state index in [1.54, 1.807) is 0 Å². The van der Waals surface area contributed by atoms with Gasteiger partial charge in [0.05, 0.1) is 0 Å². The first-order valence-electron chi connectivity index (χ1n) is 6.89. The molecule has 1 N–H and O–H groups in total. The standard InChI is InChI=1S/C17H19Cl2NS/c1-12-4-3-5-16(8-12)21-11-15(20-2)10-13-9-14(18)6-7-17(13)19/h3-9,15,20H,10-11H2,1-2H3. The lowest BCUT2D eigenvalue weighted by Gasteiger charge is -2.17. The van der Waals surface area contributed by atoms with Gasteiger partial charge in [0, 0.05) is 26.7 Å². The molecule has 0 spiro atoms. The van der Waals surface area contributed by atoms with E-state index < -0.39 is 0 Å². The first kappa shape index (κ1) is 16.7. The Labute approximate surface area is 141 Å². The fourth-order valence-corrected chi connectivity index (χ4v) is 3.62. The summed E-state index contributed by atoms with van der Waals surface area (Å²) >= 11 is 14.1. The second-order valence-electron chi connectivity index (χ2n) is 5.05. The Morgan fingerprint density at radius 2 is 1.95 bits per heavy atom. The van der Waals surface area contributed by atoms with Gasteiger partial charge >= 0.3 is 0 Å². The predicted octanol–water partition coefficient (Wildman–Crippen LogP) is 5.22. The van der Waals surface area contributed by atoms with Gasteiger partial charge in [0.2, 0.25) is 0 Å². The molecule has 0 aliphatic heterocycles. The third-order valence-electron chi connectivity index (χ3n) is 3.32. The van der Waals surface area contributed by atoms with Crippen molar-refractivity contribution in [1.82, 2.24) is 5.32 Å². The fraction of sp³-hybridized carbons (Fsp3) is 0.294. The van der Waals surface area contributed by atoms with Crippen LogP contribution in [-0.2, 0) is 6.42 Å². The largest absolute Gasteiger partial charge is 0.316 e. The van der Waals surface area contributed by atoms with E-state index in [4.69, 9.17) is 23.2 Å². The van der Waals surface area contributed by atoms with Crippen LogP contribution < -0.4 is 5.32 Å². The highest BCUT2D eigenvalue weighted by molar-refractivity contribution is 7.99. The van der Waals surface area contributed by atoms with Crippen molar-refractivity contribution in [1.29, 1.82) is 0 Å². The molecule has 2 aromatic rings. The van der Waals surface area contributed by atoms with Crippen LogP contribution in [0, 0.1) is 6.92 Å². The van der Waals surface area contributed by atoms with Gasteiger partial charge in [-0.15, -0.1) is 11.8 Å². The average Bonchev–Trinajstić information content (AvgIpc) is 2.47. The Bertz CT molecular complexity index is 601. The molecule has 21 heavy (non-hydrogen) atoms. The van der Waals surface area contributed by atoms with Crippen molar-refractivity contribution in [3.8, 4) is 0 Å². The zero-order chi connectivity index (χ0) is 15.2. The van der Waals surface area contributed by atoms with Crippen molar-refractivity contribution in [2.75, 3.05) is 12.8 Å². The molecule has 2 rings (SSSR count). The summed E-state index contributed by atoms with van der Waals surface area (Å²) in [4.78, 5) is 1.30. The summed E-state index contributed by atoms with van der Waals surface area (Å²) in [6.45, 7) is 2.12. The second kappa shape index (κ2) is 8.09. The number of aryl methyl sites for hydroxylation is 1. The molecule has 1 atom stereocenters. The van der Waals surface area contributed by atoms with Gasteiger partial charge in [0.25, 0.3) is 0 Å². The molecular weight excluding hydrogens is 321 g/mol. The third-order valence-corrected chi connectivity index (χ3v) is 5.08. The van der Waals surface area contributed by atoms with Crippen molar-refractivity contribution in [3.63, 3.8) is 0 Å². The minimum absolute atomic E-state index is 0.353. The molecular formula is C17H19Cl2NS.